The van der Waals surface area contributed by atoms with Gasteiger partial charge in [-0.1, -0.05) is 48.0 Å². The summed E-state index contributed by atoms with van der Waals surface area (Å²) >= 11 is 0. The molecule has 0 spiro atoms. The molecule has 21 heavy (non-hydrogen) atoms. The Morgan fingerprint density at radius 2 is 1.95 bits per heavy atom. The predicted molar refractivity (Wildman–Crippen MR) is 87.3 cm³/mol. The summed E-state index contributed by atoms with van der Waals surface area (Å²) in [5.41, 5.74) is 5.02. The first kappa shape index (κ1) is 13.8. The summed E-state index contributed by atoms with van der Waals surface area (Å²) in [6.07, 6.45) is 1.05. The largest absolute Gasteiger partial charge is 0.311 e. The highest BCUT2D eigenvalue weighted by atomic mass is 15.3. The maximum Gasteiger partial charge on any atom is 0.0841 e. The number of nitrogens with one attached hydrogen (secondary N) is 1. The van der Waals surface area contributed by atoms with Gasteiger partial charge >= 0.3 is 0 Å². The molecule has 0 aliphatic heterocycles. The van der Waals surface area contributed by atoms with Crippen LogP contribution in [0.1, 0.15) is 16.8 Å². The van der Waals surface area contributed by atoms with Crippen LogP contribution in [0.25, 0.3) is 10.9 Å². The van der Waals surface area contributed by atoms with E-state index in [1.165, 1.54) is 22.0 Å². The quantitative estimate of drug-likeness (QED) is 0.727. The molecule has 1 N–H and O–H groups in total. The molecule has 0 saturated carbocycles. The van der Waals surface area contributed by atoms with E-state index in [9.17, 15) is 0 Å². The van der Waals surface area contributed by atoms with Crippen molar-refractivity contribution in [2.24, 2.45) is 7.05 Å². The van der Waals surface area contributed by atoms with Gasteiger partial charge in [0, 0.05) is 19.0 Å². The first-order valence-electron chi connectivity index (χ1n) is 7.41. The Kier molecular flexibility index (Phi) is 4.02. The summed E-state index contributed by atoms with van der Waals surface area (Å²) in [7, 11) is 2.00. The van der Waals surface area contributed by atoms with Gasteiger partial charge in [-0.15, -0.1) is 0 Å². The summed E-state index contributed by atoms with van der Waals surface area (Å²) in [5, 5.41) is 9.34. The molecule has 0 aliphatic carbocycles. The Morgan fingerprint density at radius 1 is 1.10 bits per heavy atom. The number of rotatable bonds is 5. The normalized spacial score (nSPS) is 11.1. The van der Waals surface area contributed by atoms with E-state index in [-0.39, 0.29) is 0 Å². The van der Waals surface area contributed by atoms with E-state index in [1.807, 2.05) is 11.7 Å². The van der Waals surface area contributed by atoms with Gasteiger partial charge in [0.05, 0.1) is 11.2 Å². The minimum absolute atomic E-state index is 0.813. The van der Waals surface area contributed by atoms with E-state index in [4.69, 9.17) is 0 Å². The number of hydrogen-bond donors (Lipinski definition) is 1. The molecule has 1 heterocycles. The number of hydrogen-bond acceptors (Lipinski definition) is 2. The van der Waals surface area contributed by atoms with E-state index in [0.717, 1.165) is 25.2 Å². The first-order chi connectivity index (χ1) is 10.2. The van der Waals surface area contributed by atoms with Crippen molar-refractivity contribution < 1.29 is 0 Å². The average Bonchev–Trinajstić information content (AvgIpc) is 2.81. The van der Waals surface area contributed by atoms with Gasteiger partial charge < -0.3 is 5.32 Å². The van der Waals surface area contributed by atoms with Crippen LogP contribution in [-0.4, -0.2) is 16.3 Å². The SMILES string of the molecule is Cc1cccc(CCNCc2nn(C)c3ccccc23)c1. The molecule has 3 heteroatoms. The van der Waals surface area contributed by atoms with Gasteiger partial charge in [-0.3, -0.25) is 4.68 Å². The Labute approximate surface area is 125 Å². The molecule has 0 bridgehead atoms. The van der Waals surface area contributed by atoms with Crippen LogP contribution in [0.4, 0.5) is 0 Å². The highest BCUT2D eigenvalue weighted by molar-refractivity contribution is 5.81. The number of aromatic nitrogens is 2. The maximum absolute atomic E-state index is 4.60. The molecule has 3 nitrogen and oxygen atoms in total. The highest BCUT2D eigenvalue weighted by Crippen LogP contribution is 2.17. The van der Waals surface area contributed by atoms with E-state index >= 15 is 0 Å². The van der Waals surface area contributed by atoms with Crippen LogP contribution in [0.3, 0.4) is 0 Å². The van der Waals surface area contributed by atoms with Crippen LogP contribution in [0.5, 0.6) is 0 Å². The summed E-state index contributed by atoms with van der Waals surface area (Å²) in [5.74, 6) is 0. The third-order valence-electron chi connectivity index (χ3n) is 3.80. The van der Waals surface area contributed by atoms with Gasteiger partial charge in [0.25, 0.3) is 0 Å². The van der Waals surface area contributed by atoms with Crippen LogP contribution in [-0.2, 0) is 20.0 Å². The second-order valence-corrected chi connectivity index (χ2v) is 5.50. The topological polar surface area (TPSA) is 29.9 Å². The van der Waals surface area contributed by atoms with Crippen LogP contribution in [0.2, 0.25) is 0 Å². The molecule has 3 rings (SSSR count). The summed E-state index contributed by atoms with van der Waals surface area (Å²) in [4.78, 5) is 0. The van der Waals surface area contributed by atoms with Crippen molar-refractivity contribution in [3.05, 3.63) is 65.4 Å². The van der Waals surface area contributed by atoms with E-state index < -0.39 is 0 Å². The molecule has 108 valence electrons. The minimum Gasteiger partial charge on any atom is -0.311 e. The van der Waals surface area contributed by atoms with Crippen molar-refractivity contribution >= 4 is 10.9 Å². The van der Waals surface area contributed by atoms with Crippen LogP contribution < -0.4 is 5.32 Å². The number of benzene rings is 2. The lowest BCUT2D eigenvalue weighted by molar-refractivity contribution is 0.659. The molecule has 0 aliphatic rings. The fourth-order valence-corrected chi connectivity index (χ4v) is 2.73. The number of nitrogens with zero attached hydrogens (tertiary/aromatic N) is 2. The molecule has 0 fully saturated rings. The molecule has 0 radical (unpaired) electrons. The zero-order valence-electron chi connectivity index (χ0n) is 12.6. The number of fused-ring (bicyclic) bond motifs is 1. The van der Waals surface area contributed by atoms with Crippen molar-refractivity contribution in [1.82, 2.24) is 15.1 Å². The van der Waals surface area contributed by atoms with Crippen LogP contribution in [0, 0.1) is 6.92 Å². The fraction of sp³-hybridized carbons (Fsp3) is 0.278. The zero-order valence-corrected chi connectivity index (χ0v) is 12.6. The van der Waals surface area contributed by atoms with Crippen LogP contribution in [0.15, 0.2) is 48.5 Å². The van der Waals surface area contributed by atoms with E-state index in [0.29, 0.717) is 0 Å². The summed E-state index contributed by atoms with van der Waals surface area (Å²) in [6.45, 7) is 3.92. The van der Waals surface area contributed by atoms with Crippen molar-refractivity contribution in [1.29, 1.82) is 0 Å². The second kappa shape index (κ2) is 6.10. The molecule has 0 unspecified atom stereocenters. The lowest BCUT2D eigenvalue weighted by atomic mass is 10.1. The molecule has 0 atom stereocenters. The Hall–Kier alpha value is -2.13. The van der Waals surface area contributed by atoms with Crippen molar-refractivity contribution in [2.75, 3.05) is 6.54 Å². The van der Waals surface area contributed by atoms with Crippen molar-refractivity contribution in [3.8, 4) is 0 Å². The standard InChI is InChI=1S/C18H21N3/c1-14-6-5-7-15(12-14)10-11-19-13-17-16-8-3-4-9-18(16)21(2)20-17/h3-9,12,19H,10-11,13H2,1-2H3. The summed E-state index contributed by atoms with van der Waals surface area (Å²) < 4.78 is 1.95. The zero-order chi connectivity index (χ0) is 14.7. The highest BCUT2D eigenvalue weighted by Gasteiger charge is 2.06. The van der Waals surface area contributed by atoms with Crippen molar-refractivity contribution in [2.45, 2.75) is 19.9 Å². The average molecular weight is 279 g/mol. The monoisotopic (exact) mass is 279 g/mol. The second-order valence-electron chi connectivity index (χ2n) is 5.50. The fourth-order valence-electron chi connectivity index (χ4n) is 2.73. The van der Waals surface area contributed by atoms with Crippen molar-refractivity contribution in [3.63, 3.8) is 0 Å². The van der Waals surface area contributed by atoms with Gasteiger partial charge in [-0.05, 0) is 31.5 Å². The van der Waals surface area contributed by atoms with Crippen LogP contribution >= 0.6 is 0 Å². The minimum atomic E-state index is 0.813. The third-order valence-corrected chi connectivity index (χ3v) is 3.80. The number of para-hydroxylation sites is 1. The molecule has 0 amide bonds. The molecule has 1 aromatic heterocycles. The predicted octanol–water partition coefficient (Wildman–Crippen LogP) is 3.21. The first-order valence-corrected chi connectivity index (χ1v) is 7.41. The molecular weight excluding hydrogens is 258 g/mol. The lowest BCUT2D eigenvalue weighted by Crippen LogP contribution is -2.17. The molecule has 2 aromatic carbocycles. The van der Waals surface area contributed by atoms with E-state index in [2.05, 4.69) is 65.9 Å². The van der Waals surface area contributed by atoms with Gasteiger partial charge in [0.15, 0.2) is 0 Å². The van der Waals surface area contributed by atoms with Gasteiger partial charge in [0.2, 0.25) is 0 Å². The van der Waals surface area contributed by atoms with Gasteiger partial charge in [-0.2, -0.15) is 5.10 Å². The Balaban J connectivity index is 1.60. The molecule has 0 saturated heterocycles. The van der Waals surface area contributed by atoms with Gasteiger partial charge in [-0.25, -0.2) is 0 Å². The Bertz CT molecular complexity index is 743. The number of aryl methyl sites for hydroxylation is 2. The Morgan fingerprint density at radius 3 is 2.81 bits per heavy atom. The molecule has 3 aromatic rings. The lowest BCUT2D eigenvalue weighted by Gasteiger charge is -2.04. The summed E-state index contributed by atoms with van der Waals surface area (Å²) in [6, 6.07) is 17.1. The van der Waals surface area contributed by atoms with Gasteiger partial charge in [0.1, 0.15) is 0 Å². The smallest absolute Gasteiger partial charge is 0.0841 e. The maximum atomic E-state index is 4.60. The third kappa shape index (κ3) is 3.14. The molecular formula is C18H21N3. The van der Waals surface area contributed by atoms with E-state index in [1.54, 1.807) is 0 Å².